The maximum absolute atomic E-state index is 11.6. The molecule has 33 heavy (non-hydrogen) atoms. The van der Waals surface area contributed by atoms with Gasteiger partial charge in [0.05, 0.1) is 17.4 Å². The van der Waals surface area contributed by atoms with Crippen LogP contribution in [-0.4, -0.2) is 19.7 Å². The van der Waals surface area contributed by atoms with Crippen LogP contribution in [0.5, 0.6) is 0 Å². The van der Waals surface area contributed by atoms with Crippen LogP contribution < -0.4 is 5.76 Å². The number of fused-ring (bicyclic) bond motifs is 3. The van der Waals surface area contributed by atoms with Crippen molar-refractivity contribution >= 4 is 22.2 Å². The predicted molar refractivity (Wildman–Crippen MR) is 128 cm³/mol. The number of imidazole rings is 1. The molecule has 2 heterocycles. The first-order valence-corrected chi connectivity index (χ1v) is 11.0. The molecule has 0 spiro atoms. The number of nitrogens with zero attached hydrogens (tertiary/aromatic N) is 3. The van der Waals surface area contributed by atoms with Crippen molar-refractivity contribution in [1.29, 1.82) is 0 Å². The van der Waals surface area contributed by atoms with Gasteiger partial charge in [-0.15, -0.1) is 0 Å². The zero-order valence-electron chi connectivity index (χ0n) is 18.2. The molecule has 0 bridgehead atoms. The van der Waals surface area contributed by atoms with Gasteiger partial charge < -0.3 is 4.57 Å². The third-order valence-corrected chi connectivity index (χ3v) is 6.44. The maximum atomic E-state index is 11.6. The Labute approximate surface area is 190 Å². The van der Waals surface area contributed by atoms with Gasteiger partial charge in [-0.25, -0.2) is 9.78 Å². The summed E-state index contributed by atoms with van der Waals surface area (Å²) in [6.07, 6.45) is 3.80. The molecule has 0 unspecified atom stereocenters. The Morgan fingerprint density at radius 1 is 1.00 bits per heavy atom. The van der Waals surface area contributed by atoms with Crippen LogP contribution in [-0.2, 0) is 19.4 Å². The van der Waals surface area contributed by atoms with E-state index in [4.69, 9.17) is 4.52 Å². The molecule has 0 atom stereocenters. The van der Waals surface area contributed by atoms with Gasteiger partial charge in [0.25, 0.3) is 0 Å². The number of H-pyrrole nitrogens is 1. The number of aromatic nitrogens is 4. The smallest absolute Gasteiger partial charge is 0.326 e. The molecular weight excluding hydrogens is 412 g/mol. The second-order valence-corrected chi connectivity index (χ2v) is 8.45. The Balaban J connectivity index is 1.48. The average molecular weight is 434 g/mol. The minimum atomic E-state index is -0.546. The summed E-state index contributed by atoms with van der Waals surface area (Å²) in [5.41, 5.74) is 10.3. The lowest BCUT2D eigenvalue weighted by Crippen LogP contribution is -2.02. The van der Waals surface area contributed by atoms with E-state index in [-0.39, 0.29) is 0 Å². The number of aromatic amines is 1. The first kappa shape index (κ1) is 19.5. The minimum Gasteiger partial charge on any atom is -0.326 e. The highest BCUT2D eigenvalue weighted by Crippen LogP contribution is 2.38. The number of nitrogens with one attached hydrogen (secondary N) is 1. The Kier molecular flexibility index (Phi) is 4.57. The van der Waals surface area contributed by atoms with Crippen LogP contribution in [0, 0.1) is 0 Å². The maximum Gasteiger partial charge on any atom is 0.439 e. The summed E-state index contributed by atoms with van der Waals surface area (Å²) in [5.74, 6) is -0.0818. The molecule has 0 saturated heterocycles. The number of hydrogen-bond acceptors (Lipinski definition) is 4. The van der Waals surface area contributed by atoms with E-state index >= 15 is 0 Å². The second kappa shape index (κ2) is 7.74. The first-order valence-electron chi connectivity index (χ1n) is 11.0. The molecule has 3 aromatic carbocycles. The van der Waals surface area contributed by atoms with Crippen LogP contribution in [0.2, 0.25) is 0 Å². The lowest BCUT2D eigenvalue weighted by molar-refractivity contribution is 0.385. The summed E-state index contributed by atoms with van der Waals surface area (Å²) < 4.78 is 6.98. The summed E-state index contributed by atoms with van der Waals surface area (Å²) in [5, 5.41) is 3.95. The molecule has 1 aliphatic rings. The van der Waals surface area contributed by atoms with Gasteiger partial charge in [-0.2, -0.15) is 0 Å². The average Bonchev–Trinajstić information content (AvgIpc) is 3.41. The SMILES string of the molecule is CC(=C1c2ccccc2CCc2cc(Cn3cnc4ccccc43)ccc21)c1noc(=O)[nH]1. The van der Waals surface area contributed by atoms with Gasteiger partial charge in [0.15, 0.2) is 5.82 Å². The van der Waals surface area contributed by atoms with Crippen molar-refractivity contribution in [3.8, 4) is 0 Å². The monoisotopic (exact) mass is 434 g/mol. The van der Waals surface area contributed by atoms with E-state index in [2.05, 4.69) is 68.2 Å². The lowest BCUT2D eigenvalue weighted by atomic mass is 9.89. The fourth-order valence-corrected chi connectivity index (χ4v) is 4.84. The van der Waals surface area contributed by atoms with Gasteiger partial charge in [0, 0.05) is 12.1 Å². The number of aryl methyl sites for hydroxylation is 2. The number of benzene rings is 3. The van der Waals surface area contributed by atoms with E-state index in [1.165, 1.54) is 27.8 Å². The van der Waals surface area contributed by atoms with E-state index in [0.29, 0.717) is 5.82 Å². The highest BCUT2D eigenvalue weighted by Gasteiger charge is 2.22. The molecule has 0 amide bonds. The number of allylic oxidation sites excluding steroid dienone is 1. The Hall–Kier alpha value is -4.19. The van der Waals surface area contributed by atoms with E-state index in [1.807, 2.05) is 31.5 Å². The first-order chi connectivity index (χ1) is 16.2. The number of hydrogen-bond donors (Lipinski definition) is 1. The second-order valence-electron chi connectivity index (χ2n) is 8.45. The highest BCUT2D eigenvalue weighted by molar-refractivity contribution is 5.98. The van der Waals surface area contributed by atoms with Crippen molar-refractivity contribution in [2.24, 2.45) is 0 Å². The summed E-state index contributed by atoms with van der Waals surface area (Å²) in [4.78, 5) is 18.8. The third-order valence-electron chi connectivity index (χ3n) is 6.44. The Morgan fingerprint density at radius 3 is 2.67 bits per heavy atom. The quantitative estimate of drug-likeness (QED) is 0.441. The van der Waals surface area contributed by atoms with E-state index in [9.17, 15) is 4.79 Å². The molecule has 162 valence electrons. The highest BCUT2D eigenvalue weighted by atomic mass is 16.5. The van der Waals surface area contributed by atoms with Crippen molar-refractivity contribution in [1.82, 2.24) is 19.7 Å². The summed E-state index contributed by atoms with van der Waals surface area (Å²) in [6, 6.07) is 23.3. The van der Waals surface area contributed by atoms with Crippen molar-refractivity contribution in [3.05, 3.63) is 117 Å². The molecule has 2 aromatic heterocycles. The summed E-state index contributed by atoms with van der Waals surface area (Å²) in [7, 11) is 0. The van der Waals surface area contributed by atoms with Crippen molar-refractivity contribution in [2.75, 3.05) is 0 Å². The summed E-state index contributed by atoms with van der Waals surface area (Å²) in [6.45, 7) is 2.75. The van der Waals surface area contributed by atoms with Gasteiger partial charge in [-0.3, -0.25) is 9.51 Å². The predicted octanol–water partition coefficient (Wildman–Crippen LogP) is 4.84. The summed E-state index contributed by atoms with van der Waals surface area (Å²) >= 11 is 0. The van der Waals surface area contributed by atoms with Crippen LogP contribution >= 0.6 is 0 Å². The fraction of sp³-hybridized carbons (Fsp3) is 0.148. The van der Waals surface area contributed by atoms with Gasteiger partial charge in [0.2, 0.25) is 0 Å². The molecule has 0 aliphatic heterocycles. The largest absolute Gasteiger partial charge is 0.439 e. The molecule has 1 N–H and O–H groups in total. The fourth-order valence-electron chi connectivity index (χ4n) is 4.84. The van der Waals surface area contributed by atoms with Gasteiger partial charge in [0.1, 0.15) is 0 Å². The molecule has 6 rings (SSSR count). The van der Waals surface area contributed by atoms with Gasteiger partial charge >= 0.3 is 5.76 Å². The van der Waals surface area contributed by atoms with Crippen molar-refractivity contribution < 1.29 is 4.52 Å². The van der Waals surface area contributed by atoms with Crippen molar-refractivity contribution in [2.45, 2.75) is 26.3 Å². The van der Waals surface area contributed by atoms with E-state index in [1.54, 1.807) is 0 Å². The molecule has 5 aromatic rings. The van der Waals surface area contributed by atoms with Crippen LogP contribution in [0.4, 0.5) is 0 Å². The number of para-hydroxylation sites is 2. The zero-order valence-corrected chi connectivity index (χ0v) is 18.2. The molecular formula is C27H22N4O2. The molecule has 0 saturated carbocycles. The lowest BCUT2D eigenvalue weighted by Gasteiger charge is -2.16. The van der Waals surface area contributed by atoms with Crippen LogP contribution in [0.3, 0.4) is 0 Å². The molecule has 0 fully saturated rings. The Bertz CT molecular complexity index is 1590. The zero-order chi connectivity index (χ0) is 22.4. The topological polar surface area (TPSA) is 76.7 Å². The normalized spacial score (nSPS) is 14.6. The number of rotatable bonds is 3. The van der Waals surface area contributed by atoms with Crippen LogP contribution in [0.1, 0.15) is 40.6 Å². The standard InChI is InChI=1S/C27H22N4O2/c1-17(26-29-27(32)33-30-26)25-21-7-3-2-6-19(21)11-12-20-14-18(10-13-22(20)25)15-31-16-28-23-8-4-5-9-24(23)31/h2-10,13-14,16H,11-12,15H2,1H3,(H,29,30,32). The molecule has 6 nitrogen and oxygen atoms in total. The van der Waals surface area contributed by atoms with Crippen LogP contribution in [0.15, 0.2) is 82.4 Å². The van der Waals surface area contributed by atoms with Crippen LogP contribution in [0.25, 0.3) is 22.2 Å². The van der Waals surface area contributed by atoms with Gasteiger partial charge in [-0.1, -0.05) is 59.8 Å². The van der Waals surface area contributed by atoms with Gasteiger partial charge in [-0.05, 0) is 65.3 Å². The van der Waals surface area contributed by atoms with E-state index in [0.717, 1.165) is 41.6 Å². The minimum absolute atomic E-state index is 0.464. The van der Waals surface area contributed by atoms with E-state index < -0.39 is 5.76 Å². The Morgan fingerprint density at radius 2 is 1.79 bits per heavy atom. The van der Waals surface area contributed by atoms with Crippen molar-refractivity contribution in [3.63, 3.8) is 0 Å². The molecule has 6 heteroatoms. The third kappa shape index (κ3) is 3.40. The molecule has 0 radical (unpaired) electrons. The molecule has 1 aliphatic carbocycles.